The summed E-state index contributed by atoms with van der Waals surface area (Å²) < 4.78 is 5.43. The summed E-state index contributed by atoms with van der Waals surface area (Å²) in [7, 11) is 0. The molecular weight excluding hydrogens is 302 g/mol. The average molecular weight is 314 g/mol. The Labute approximate surface area is 112 Å². The average Bonchev–Trinajstić information content (AvgIpc) is 3.13. The molecule has 1 aromatic carbocycles. The first kappa shape index (κ1) is 13.0. The Morgan fingerprint density at radius 1 is 1.50 bits per heavy atom. The summed E-state index contributed by atoms with van der Waals surface area (Å²) in [5.41, 5.74) is 0.0762. The Balaban J connectivity index is 2.00. The predicted octanol–water partition coefficient (Wildman–Crippen LogP) is 3.31. The van der Waals surface area contributed by atoms with Gasteiger partial charge in [0, 0.05) is 6.07 Å². The van der Waals surface area contributed by atoms with Crippen LogP contribution in [0.4, 0.5) is 5.69 Å². The summed E-state index contributed by atoms with van der Waals surface area (Å²) >= 11 is 3.07. The number of esters is 1. The Hall–Kier alpha value is -1.43. The number of hydrogen-bond acceptors (Lipinski definition) is 4. The number of carbonyl (C=O) groups is 1. The monoisotopic (exact) mass is 313 g/mol. The van der Waals surface area contributed by atoms with Crippen LogP contribution in [0, 0.1) is 16.0 Å². The second-order valence-electron chi connectivity index (χ2n) is 4.29. The molecule has 1 aromatic rings. The molecule has 0 radical (unpaired) electrons. The molecule has 0 N–H and O–H groups in total. The maximum atomic E-state index is 11.7. The Bertz CT molecular complexity index is 485. The Morgan fingerprint density at radius 2 is 2.22 bits per heavy atom. The van der Waals surface area contributed by atoms with E-state index in [1.807, 2.05) is 0 Å². The van der Waals surface area contributed by atoms with E-state index in [1.54, 1.807) is 0 Å². The molecule has 0 spiro atoms. The fraction of sp³-hybridized carbons (Fsp3) is 0.417. The van der Waals surface area contributed by atoms with Gasteiger partial charge in [-0.2, -0.15) is 0 Å². The van der Waals surface area contributed by atoms with Crippen LogP contribution < -0.4 is 0 Å². The Morgan fingerprint density at radius 3 is 2.83 bits per heavy atom. The lowest BCUT2D eigenvalue weighted by Crippen LogP contribution is -2.07. The quantitative estimate of drug-likeness (QED) is 0.475. The van der Waals surface area contributed by atoms with Crippen LogP contribution in [0.3, 0.4) is 0 Å². The van der Waals surface area contributed by atoms with E-state index < -0.39 is 10.9 Å². The van der Waals surface area contributed by atoms with Crippen molar-refractivity contribution in [2.75, 3.05) is 6.61 Å². The van der Waals surface area contributed by atoms with E-state index in [0.717, 1.165) is 6.42 Å². The largest absolute Gasteiger partial charge is 0.462 e. The van der Waals surface area contributed by atoms with Crippen LogP contribution in [0.25, 0.3) is 0 Å². The number of carbonyl (C=O) groups excluding carboxylic acids is 1. The highest BCUT2D eigenvalue weighted by Crippen LogP contribution is 2.32. The fourth-order valence-corrected chi connectivity index (χ4v) is 1.98. The van der Waals surface area contributed by atoms with Gasteiger partial charge in [0.1, 0.15) is 0 Å². The van der Waals surface area contributed by atoms with Gasteiger partial charge in [0.25, 0.3) is 5.69 Å². The highest BCUT2D eigenvalue weighted by Gasteiger charge is 2.22. The van der Waals surface area contributed by atoms with Gasteiger partial charge in [0.2, 0.25) is 0 Å². The highest BCUT2D eigenvalue weighted by molar-refractivity contribution is 9.10. The van der Waals surface area contributed by atoms with E-state index in [-0.39, 0.29) is 11.3 Å². The number of nitro groups is 1. The molecule has 1 aliphatic carbocycles. The summed E-state index contributed by atoms with van der Waals surface area (Å²) in [6.07, 6.45) is 3.30. The van der Waals surface area contributed by atoms with Crippen molar-refractivity contribution in [1.29, 1.82) is 0 Å². The second-order valence-corrected chi connectivity index (χ2v) is 5.15. The van der Waals surface area contributed by atoms with Gasteiger partial charge < -0.3 is 4.74 Å². The van der Waals surface area contributed by atoms with E-state index in [2.05, 4.69) is 15.9 Å². The molecule has 0 amide bonds. The molecule has 0 aromatic heterocycles. The second kappa shape index (κ2) is 5.48. The van der Waals surface area contributed by atoms with Crippen molar-refractivity contribution >= 4 is 27.6 Å². The molecule has 5 nitrogen and oxygen atoms in total. The molecule has 6 heteroatoms. The highest BCUT2D eigenvalue weighted by atomic mass is 79.9. The minimum atomic E-state index is -0.537. The maximum Gasteiger partial charge on any atom is 0.338 e. The minimum Gasteiger partial charge on any atom is -0.462 e. The summed E-state index contributed by atoms with van der Waals surface area (Å²) in [5.74, 6) is 0.184. The van der Waals surface area contributed by atoms with Gasteiger partial charge in [-0.15, -0.1) is 0 Å². The predicted molar refractivity (Wildman–Crippen MR) is 68.4 cm³/mol. The first-order chi connectivity index (χ1) is 8.58. The lowest BCUT2D eigenvalue weighted by atomic mass is 10.2. The molecule has 1 aliphatic rings. The van der Waals surface area contributed by atoms with Gasteiger partial charge in [-0.1, -0.05) is 12.8 Å². The van der Waals surface area contributed by atoms with E-state index in [1.165, 1.54) is 31.0 Å². The molecule has 0 heterocycles. The summed E-state index contributed by atoms with van der Waals surface area (Å²) in [4.78, 5) is 21.9. The molecule has 1 saturated carbocycles. The number of halogens is 1. The number of nitrogens with zero attached hydrogens (tertiary/aromatic N) is 1. The summed E-state index contributed by atoms with van der Waals surface area (Å²) in [6, 6.07) is 4.22. The van der Waals surface area contributed by atoms with Crippen molar-refractivity contribution in [1.82, 2.24) is 0 Å². The number of ether oxygens (including phenoxy) is 1. The number of hydrogen-bond donors (Lipinski definition) is 0. The van der Waals surface area contributed by atoms with Crippen LogP contribution in [-0.2, 0) is 4.74 Å². The SMILES string of the molecule is O=C(OCCC1CC1)c1ccc(Br)c([N+](=O)[O-])c1. The molecule has 1 fully saturated rings. The summed E-state index contributed by atoms with van der Waals surface area (Å²) in [5, 5.41) is 10.7. The molecule has 0 unspecified atom stereocenters. The van der Waals surface area contributed by atoms with Crippen molar-refractivity contribution in [3.8, 4) is 0 Å². The minimum absolute atomic E-state index is 0.133. The molecular formula is C12H12BrNO4. The van der Waals surface area contributed by atoms with E-state index in [0.29, 0.717) is 17.0 Å². The van der Waals surface area contributed by atoms with Gasteiger partial charge >= 0.3 is 5.97 Å². The zero-order valence-corrected chi connectivity index (χ0v) is 11.2. The van der Waals surface area contributed by atoms with E-state index in [4.69, 9.17) is 4.74 Å². The van der Waals surface area contributed by atoms with Crippen LogP contribution in [0.2, 0.25) is 0 Å². The van der Waals surface area contributed by atoms with Crippen LogP contribution in [0.5, 0.6) is 0 Å². The number of rotatable bonds is 5. The first-order valence-electron chi connectivity index (χ1n) is 5.69. The van der Waals surface area contributed by atoms with Crippen LogP contribution in [0.1, 0.15) is 29.6 Å². The first-order valence-corrected chi connectivity index (χ1v) is 6.48. The van der Waals surface area contributed by atoms with Gasteiger partial charge in [-0.05, 0) is 40.4 Å². The number of nitro benzene ring substituents is 1. The van der Waals surface area contributed by atoms with Crippen LogP contribution in [0.15, 0.2) is 22.7 Å². The van der Waals surface area contributed by atoms with Gasteiger partial charge in [-0.25, -0.2) is 4.79 Å². The van der Waals surface area contributed by atoms with E-state index in [9.17, 15) is 14.9 Å². The maximum absolute atomic E-state index is 11.7. The van der Waals surface area contributed by atoms with Gasteiger partial charge in [-0.3, -0.25) is 10.1 Å². The number of benzene rings is 1. The van der Waals surface area contributed by atoms with Crippen molar-refractivity contribution in [3.63, 3.8) is 0 Å². The topological polar surface area (TPSA) is 69.4 Å². The van der Waals surface area contributed by atoms with E-state index >= 15 is 0 Å². The molecule has 0 atom stereocenters. The van der Waals surface area contributed by atoms with Gasteiger partial charge in [0.05, 0.1) is 21.6 Å². The molecule has 0 saturated heterocycles. The smallest absolute Gasteiger partial charge is 0.338 e. The fourth-order valence-electron chi connectivity index (χ4n) is 1.59. The molecule has 0 bridgehead atoms. The zero-order chi connectivity index (χ0) is 13.1. The zero-order valence-electron chi connectivity index (χ0n) is 9.60. The van der Waals surface area contributed by atoms with Crippen molar-refractivity contribution in [3.05, 3.63) is 38.3 Å². The van der Waals surface area contributed by atoms with Crippen molar-refractivity contribution in [2.24, 2.45) is 5.92 Å². The van der Waals surface area contributed by atoms with Crippen molar-refractivity contribution in [2.45, 2.75) is 19.3 Å². The third-order valence-electron chi connectivity index (χ3n) is 2.83. The summed E-state index contributed by atoms with van der Waals surface area (Å²) in [6.45, 7) is 0.382. The molecule has 96 valence electrons. The lowest BCUT2D eigenvalue weighted by Gasteiger charge is -2.04. The molecule has 0 aliphatic heterocycles. The normalized spacial score (nSPS) is 14.3. The van der Waals surface area contributed by atoms with Gasteiger partial charge in [0.15, 0.2) is 0 Å². The molecule has 2 rings (SSSR count). The Kier molecular flexibility index (Phi) is 3.96. The molecule has 18 heavy (non-hydrogen) atoms. The van der Waals surface area contributed by atoms with Crippen LogP contribution >= 0.6 is 15.9 Å². The third-order valence-corrected chi connectivity index (χ3v) is 3.51. The van der Waals surface area contributed by atoms with Crippen molar-refractivity contribution < 1.29 is 14.5 Å². The lowest BCUT2D eigenvalue weighted by molar-refractivity contribution is -0.385. The standard InChI is InChI=1S/C12H12BrNO4/c13-10-4-3-9(7-11(10)14(16)17)12(15)18-6-5-8-1-2-8/h3-4,7-8H,1-2,5-6H2. The third kappa shape index (κ3) is 3.29. The van der Waals surface area contributed by atoms with Crippen LogP contribution in [-0.4, -0.2) is 17.5 Å².